The Kier molecular flexibility index (Phi) is 7.79. The Morgan fingerprint density at radius 3 is 1.97 bits per heavy atom. The van der Waals surface area contributed by atoms with Gasteiger partial charge in [-0.3, -0.25) is 0 Å². The minimum absolute atomic E-state index is 0. The average Bonchev–Trinajstić information content (AvgIpc) is 2.79. The summed E-state index contributed by atoms with van der Waals surface area (Å²) in [6.07, 6.45) is 5.65. The zero-order chi connectivity index (χ0) is 20.1. The molecule has 1 aliphatic rings. The zero-order valence-electron chi connectivity index (χ0n) is 17.4. The molecule has 0 spiro atoms. The fraction of sp³-hybridized carbons (Fsp3) is 0.269. The van der Waals surface area contributed by atoms with Crippen molar-refractivity contribution in [2.75, 3.05) is 0 Å². The minimum atomic E-state index is -0.286. The third-order valence-electron chi connectivity index (χ3n) is 5.75. The number of esters is 1. The van der Waals surface area contributed by atoms with E-state index < -0.39 is 0 Å². The van der Waals surface area contributed by atoms with Gasteiger partial charge in [0.2, 0.25) is 0 Å². The van der Waals surface area contributed by atoms with E-state index in [1.165, 1.54) is 19.3 Å². The third kappa shape index (κ3) is 5.36. The maximum atomic E-state index is 12.9. The van der Waals surface area contributed by atoms with Crippen molar-refractivity contribution in [2.45, 2.75) is 38.2 Å². The van der Waals surface area contributed by atoms with E-state index in [2.05, 4.69) is 12.1 Å². The summed E-state index contributed by atoms with van der Waals surface area (Å²) in [7, 11) is 0. The summed E-state index contributed by atoms with van der Waals surface area (Å²) in [4.78, 5) is 12.9. The molecule has 0 amide bonds. The largest absolute Gasteiger partial charge is 1.00 e. The standard InChI is InChI=1S/C26H26O3.Li/c27-24-17-15-20(16-18-24)19-11-13-23(14-12-19)26(28)29-25(21-7-3-1-4-8-21)22-9-5-2-6-10-22;/h1,3-4,7-8,11-18,22,25,27H,2,5-6,9-10H2;/q;+1/p-1. The molecule has 0 saturated heterocycles. The van der Waals surface area contributed by atoms with Crippen LogP contribution in [0, 0.1) is 5.92 Å². The van der Waals surface area contributed by atoms with E-state index >= 15 is 0 Å². The number of carbonyl (C=O) groups is 1. The molecule has 3 aromatic rings. The first kappa shape index (κ1) is 22.2. The summed E-state index contributed by atoms with van der Waals surface area (Å²) < 4.78 is 6.04. The van der Waals surface area contributed by atoms with Gasteiger partial charge in [0, 0.05) is 5.92 Å². The summed E-state index contributed by atoms with van der Waals surface area (Å²) in [5.41, 5.74) is 3.54. The summed E-state index contributed by atoms with van der Waals surface area (Å²) in [6.45, 7) is 0. The van der Waals surface area contributed by atoms with Gasteiger partial charge in [-0.2, -0.15) is 0 Å². The number of ether oxygens (including phenoxy) is 1. The molecule has 1 saturated carbocycles. The first-order valence-corrected chi connectivity index (χ1v) is 10.3. The predicted octanol–water partition coefficient (Wildman–Crippen LogP) is 2.91. The number of carbonyl (C=O) groups excluding carboxylic acids is 1. The maximum Gasteiger partial charge on any atom is 1.00 e. The van der Waals surface area contributed by atoms with Gasteiger partial charge in [0.05, 0.1) is 5.56 Å². The number of rotatable bonds is 5. The second-order valence-corrected chi connectivity index (χ2v) is 7.74. The Labute approximate surface area is 190 Å². The van der Waals surface area contributed by atoms with Gasteiger partial charge >= 0.3 is 24.8 Å². The van der Waals surface area contributed by atoms with Crippen LogP contribution in [0.4, 0.5) is 0 Å². The second kappa shape index (κ2) is 10.5. The predicted molar refractivity (Wildman–Crippen MR) is 112 cm³/mol. The van der Waals surface area contributed by atoms with E-state index in [0.29, 0.717) is 11.5 Å². The molecule has 1 fully saturated rings. The molecule has 4 heteroatoms. The second-order valence-electron chi connectivity index (χ2n) is 7.74. The van der Waals surface area contributed by atoms with Crippen LogP contribution in [0.5, 0.6) is 5.75 Å². The average molecular weight is 392 g/mol. The Balaban J connectivity index is 0.00000256. The zero-order valence-corrected chi connectivity index (χ0v) is 17.4. The first-order chi connectivity index (χ1) is 14.2. The van der Waals surface area contributed by atoms with Gasteiger partial charge in [-0.05, 0) is 41.7 Å². The van der Waals surface area contributed by atoms with Gasteiger partial charge in [0.25, 0.3) is 0 Å². The number of benzene rings is 3. The Morgan fingerprint density at radius 1 is 0.800 bits per heavy atom. The van der Waals surface area contributed by atoms with Crippen LogP contribution >= 0.6 is 0 Å². The molecular weight excluding hydrogens is 367 g/mol. The monoisotopic (exact) mass is 392 g/mol. The van der Waals surface area contributed by atoms with E-state index in [-0.39, 0.29) is 36.7 Å². The molecule has 1 atom stereocenters. The molecule has 1 unspecified atom stereocenters. The smallest absolute Gasteiger partial charge is 0.872 e. The van der Waals surface area contributed by atoms with Gasteiger partial charge < -0.3 is 9.84 Å². The minimum Gasteiger partial charge on any atom is -0.872 e. The molecule has 30 heavy (non-hydrogen) atoms. The van der Waals surface area contributed by atoms with Crippen molar-refractivity contribution >= 4 is 5.97 Å². The molecule has 4 rings (SSSR count). The molecule has 0 radical (unpaired) electrons. The molecule has 0 N–H and O–H groups in total. The van der Waals surface area contributed by atoms with Gasteiger partial charge in [0.15, 0.2) is 0 Å². The van der Waals surface area contributed by atoms with Crippen LogP contribution in [0.2, 0.25) is 0 Å². The molecule has 3 nitrogen and oxygen atoms in total. The molecule has 148 valence electrons. The van der Waals surface area contributed by atoms with Crippen LogP contribution in [-0.2, 0) is 4.74 Å². The first-order valence-electron chi connectivity index (χ1n) is 10.3. The van der Waals surface area contributed by atoms with E-state index in [1.54, 1.807) is 36.4 Å². The van der Waals surface area contributed by atoms with E-state index in [1.807, 2.05) is 30.3 Å². The Bertz CT molecular complexity index is 930. The van der Waals surface area contributed by atoms with Crippen molar-refractivity contribution in [1.29, 1.82) is 0 Å². The molecule has 1 aliphatic carbocycles. The Hall–Kier alpha value is -2.47. The van der Waals surface area contributed by atoms with Crippen molar-refractivity contribution in [3.05, 3.63) is 90.0 Å². The van der Waals surface area contributed by atoms with Gasteiger partial charge in [-0.1, -0.05) is 86.0 Å². The van der Waals surface area contributed by atoms with Crippen molar-refractivity contribution < 1.29 is 33.5 Å². The number of hydrogen-bond donors (Lipinski definition) is 0. The summed E-state index contributed by atoms with van der Waals surface area (Å²) in [5, 5.41) is 11.3. The topological polar surface area (TPSA) is 49.4 Å². The number of hydrogen-bond acceptors (Lipinski definition) is 3. The van der Waals surface area contributed by atoms with E-state index in [0.717, 1.165) is 29.5 Å². The van der Waals surface area contributed by atoms with Crippen LogP contribution < -0.4 is 24.0 Å². The maximum absolute atomic E-state index is 12.9. The molecule has 0 aromatic heterocycles. The normalized spacial score (nSPS) is 15.1. The van der Waals surface area contributed by atoms with Crippen LogP contribution in [0.15, 0.2) is 78.9 Å². The van der Waals surface area contributed by atoms with Crippen molar-refractivity contribution in [3.8, 4) is 16.9 Å². The molecule has 0 bridgehead atoms. The van der Waals surface area contributed by atoms with Crippen LogP contribution in [0.3, 0.4) is 0 Å². The fourth-order valence-corrected chi connectivity index (χ4v) is 4.15. The quantitative estimate of drug-likeness (QED) is 0.496. The molecular formula is C26H25LiO3. The van der Waals surface area contributed by atoms with E-state index in [9.17, 15) is 9.90 Å². The van der Waals surface area contributed by atoms with Crippen LogP contribution in [-0.4, -0.2) is 5.97 Å². The fourth-order valence-electron chi connectivity index (χ4n) is 4.15. The summed E-state index contributed by atoms with van der Waals surface area (Å²) in [5.74, 6) is 0.0782. The van der Waals surface area contributed by atoms with Crippen LogP contribution in [0.25, 0.3) is 11.1 Å². The summed E-state index contributed by atoms with van der Waals surface area (Å²) in [6, 6.07) is 24.2. The van der Waals surface area contributed by atoms with Gasteiger partial charge in [-0.25, -0.2) is 4.79 Å². The molecule has 3 aromatic carbocycles. The SMILES string of the molecule is O=C(OC(c1ccccc1)C1CCCCC1)c1ccc(-c2ccc([O-])cc2)cc1.[Li+]. The van der Waals surface area contributed by atoms with Gasteiger partial charge in [0.1, 0.15) is 6.10 Å². The molecule has 0 aliphatic heterocycles. The third-order valence-corrected chi connectivity index (χ3v) is 5.75. The van der Waals surface area contributed by atoms with Crippen molar-refractivity contribution in [1.82, 2.24) is 0 Å². The van der Waals surface area contributed by atoms with E-state index in [4.69, 9.17) is 4.74 Å². The van der Waals surface area contributed by atoms with Crippen LogP contribution in [0.1, 0.15) is 54.1 Å². The van der Waals surface area contributed by atoms with Gasteiger partial charge in [-0.15, -0.1) is 5.75 Å². The van der Waals surface area contributed by atoms with Crippen molar-refractivity contribution in [2.24, 2.45) is 5.92 Å². The summed E-state index contributed by atoms with van der Waals surface area (Å²) >= 11 is 0. The Morgan fingerprint density at radius 2 is 1.37 bits per heavy atom. The van der Waals surface area contributed by atoms with Crippen molar-refractivity contribution in [3.63, 3.8) is 0 Å². The molecule has 0 heterocycles.